The number of carbonyl (C=O) groups is 2. The standard InChI is InChI=1S/C26H21NO5S/c1-16(28)19-11-23-24(31-15-30-23)12-21(19)27-26(29)25-20(18-9-5-6-10-22(18)32-25)14-33-13-17-7-3-2-4-8-17/h2-12H,13-15H2,1H3,(H,27,29). The van der Waals surface area contributed by atoms with Crippen LogP contribution in [0.1, 0.15) is 39.0 Å². The van der Waals surface area contributed by atoms with Crippen LogP contribution in [-0.4, -0.2) is 18.5 Å². The second kappa shape index (κ2) is 9.03. The highest BCUT2D eigenvalue weighted by Gasteiger charge is 2.24. The zero-order valence-corrected chi connectivity index (χ0v) is 18.7. The van der Waals surface area contributed by atoms with Crippen molar-refractivity contribution in [2.24, 2.45) is 0 Å². The zero-order chi connectivity index (χ0) is 22.8. The summed E-state index contributed by atoms with van der Waals surface area (Å²) in [4.78, 5) is 25.5. The number of carbonyl (C=O) groups excluding carboxylic acids is 2. The normalized spacial score (nSPS) is 12.2. The Morgan fingerprint density at radius 2 is 1.67 bits per heavy atom. The number of furan rings is 1. The second-order valence-electron chi connectivity index (χ2n) is 7.65. The molecule has 1 aromatic heterocycles. The molecule has 1 aliphatic rings. The highest BCUT2D eigenvalue weighted by molar-refractivity contribution is 7.97. The first-order chi connectivity index (χ1) is 16.1. The number of ether oxygens (including phenoxy) is 2. The SMILES string of the molecule is CC(=O)c1cc2c(cc1NC(=O)c1oc3ccccc3c1CSCc1ccccc1)OCO2. The summed E-state index contributed by atoms with van der Waals surface area (Å²) in [5.74, 6) is 2.03. The molecule has 5 rings (SSSR count). The molecule has 0 aliphatic carbocycles. The third kappa shape index (κ3) is 4.32. The molecule has 6 nitrogen and oxygen atoms in total. The average molecular weight is 460 g/mol. The number of fused-ring (bicyclic) bond motifs is 2. The lowest BCUT2D eigenvalue weighted by molar-refractivity contribution is 0.0998. The van der Waals surface area contributed by atoms with Gasteiger partial charge in [0.1, 0.15) is 5.58 Å². The van der Waals surface area contributed by atoms with Crippen molar-refractivity contribution < 1.29 is 23.5 Å². The fraction of sp³-hybridized carbons (Fsp3) is 0.154. The van der Waals surface area contributed by atoms with Crippen molar-refractivity contribution in [3.63, 3.8) is 0 Å². The number of hydrogen-bond acceptors (Lipinski definition) is 6. The maximum atomic E-state index is 13.3. The van der Waals surface area contributed by atoms with Gasteiger partial charge in [0.25, 0.3) is 5.91 Å². The van der Waals surface area contributed by atoms with E-state index < -0.39 is 5.91 Å². The zero-order valence-electron chi connectivity index (χ0n) is 17.9. The number of hydrogen-bond donors (Lipinski definition) is 1. The van der Waals surface area contributed by atoms with Crippen molar-refractivity contribution in [2.75, 3.05) is 12.1 Å². The van der Waals surface area contributed by atoms with Gasteiger partial charge >= 0.3 is 0 Å². The Morgan fingerprint density at radius 3 is 2.45 bits per heavy atom. The van der Waals surface area contributed by atoms with Crippen LogP contribution in [0.4, 0.5) is 5.69 Å². The smallest absolute Gasteiger partial charge is 0.291 e. The van der Waals surface area contributed by atoms with E-state index in [2.05, 4.69) is 17.4 Å². The highest BCUT2D eigenvalue weighted by Crippen LogP contribution is 2.38. The highest BCUT2D eigenvalue weighted by atomic mass is 32.2. The summed E-state index contributed by atoms with van der Waals surface area (Å²) in [7, 11) is 0. The van der Waals surface area contributed by atoms with Gasteiger partial charge in [-0.25, -0.2) is 0 Å². The Morgan fingerprint density at radius 1 is 0.939 bits per heavy atom. The number of rotatable bonds is 7. The van der Waals surface area contributed by atoms with Crippen LogP contribution in [-0.2, 0) is 11.5 Å². The van der Waals surface area contributed by atoms with Crippen molar-refractivity contribution >= 4 is 40.1 Å². The molecule has 0 spiro atoms. The minimum Gasteiger partial charge on any atom is -0.454 e. The van der Waals surface area contributed by atoms with E-state index in [1.165, 1.54) is 12.5 Å². The third-order valence-electron chi connectivity index (χ3n) is 5.40. The summed E-state index contributed by atoms with van der Waals surface area (Å²) in [6.07, 6.45) is 0. The molecule has 0 bridgehead atoms. The molecule has 0 fully saturated rings. The summed E-state index contributed by atoms with van der Waals surface area (Å²) >= 11 is 1.71. The van der Waals surface area contributed by atoms with Gasteiger partial charge in [0.2, 0.25) is 6.79 Å². The van der Waals surface area contributed by atoms with E-state index in [9.17, 15) is 9.59 Å². The van der Waals surface area contributed by atoms with Crippen molar-refractivity contribution in [3.05, 3.63) is 89.2 Å². The largest absolute Gasteiger partial charge is 0.454 e. The van der Waals surface area contributed by atoms with E-state index in [0.717, 1.165) is 16.7 Å². The summed E-state index contributed by atoms with van der Waals surface area (Å²) < 4.78 is 16.7. The van der Waals surface area contributed by atoms with E-state index in [1.54, 1.807) is 23.9 Å². The number of nitrogens with one attached hydrogen (secondary N) is 1. The van der Waals surface area contributed by atoms with Gasteiger partial charge in [0.15, 0.2) is 23.0 Å². The van der Waals surface area contributed by atoms with E-state index in [-0.39, 0.29) is 18.3 Å². The molecule has 2 heterocycles. The first kappa shape index (κ1) is 21.2. The van der Waals surface area contributed by atoms with Gasteiger partial charge < -0.3 is 19.2 Å². The Kier molecular flexibility index (Phi) is 5.79. The molecule has 1 amide bonds. The van der Waals surface area contributed by atoms with E-state index in [0.29, 0.717) is 34.1 Å². The van der Waals surface area contributed by atoms with Crippen LogP contribution in [0.25, 0.3) is 11.0 Å². The monoisotopic (exact) mass is 459 g/mol. The minimum absolute atomic E-state index is 0.0798. The molecule has 0 unspecified atom stereocenters. The molecule has 0 radical (unpaired) electrons. The van der Waals surface area contributed by atoms with Crippen LogP contribution in [0.5, 0.6) is 11.5 Å². The summed E-state index contributed by atoms with van der Waals surface area (Å²) in [6, 6.07) is 21.0. The molecule has 3 aromatic carbocycles. The van der Waals surface area contributed by atoms with Gasteiger partial charge in [-0.2, -0.15) is 11.8 Å². The number of thioether (sulfide) groups is 1. The van der Waals surface area contributed by atoms with Crippen LogP contribution in [0.3, 0.4) is 0 Å². The molecular formula is C26H21NO5S. The van der Waals surface area contributed by atoms with Gasteiger partial charge in [-0.1, -0.05) is 48.5 Å². The molecule has 1 N–H and O–H groups in total. The molecule has 7 heteroatoms. The number of benzene rings is 3. The third-order valence-corrected chi connectivity index (χ3v) is 6.43. The van der Waals surface area contributed by atoms with E-state index >= 15 is 0 Å². The molecule has 0 saturated carbocycles. The lowest BCUT2D eigenvalue weighted by Gasteiger charge is -2.10. The Bertz CT molecular complexity index is 1350. The molecule has 1 aliphatic heterocycles. The van der Waals surface area contributed by atoms with Crippen molar-refractivity contribution in [1.29, 1.82) is 0 Å². The lowest BCUT2D eigenvalue weighted by Crippen LogP contribution is -2.15. The Balaban J connectivity index is 1.44. The van der Waals surface area contributed by atoms with Crippen molar-refractivity contribution in [3.8, 4) is 11.5 Å². The predicted octanol–water partition coefficient (Wildman–Crippen LogP) is 6.05. The number of Topliss-reactive ketones (excluding diaryl/α,β-unsaturated/α-hetero) is 1. The predicted molar refractivity (Wildman–Crippen MR) is 128 cm³/mol. The van der Waals surface area contributed by atoms with Crippen LogP contribution in [0.15, 0.2) is 71.1 Å². The fourth-order valence-corrected chi connectivity index (χ4v) is 4.81. The molecule has 4 aromatic rings. The van der Waals surface area contributed by atoms with Gasteiger partial charge in [-0.15, -0.1) is 0 Å². The van der Waals surface area contributed by atoms with Crippen LogP contribution < -0.4 is 14.8 Å². The minimum atomic E-state index is -0.414. The Hall–Kier alpha value is -3.71. The number of ketones is 1. The van der Waals surface area contributed by atoms with Crippen LogP contribution >= 0.6 is 11.8 Å². The quantitative estimate of drug-likeness (QED) is 0.339. The first-order valence-corrected chi connectivity index (χ1v) is 11.6. The van der Waals surface area contributed by atoms with Gasteiger partial charge in [0.05, 0.1) is 5.69 Å². The molecule has 33 heavy (non-hydrogen) atoms. The van der Waals surface area contributed by atoms with Crippen LogP contribution in [0, 0.1) is 0 Å². The summed E-state index contributed by atoms with van der Waals surface area (Å²) in [6.45, 7) is 1.52. The van der Waals surface area contributed by atoms with E-state index in [1.807, 2.05) is 42.5 Å². The topological polar surface area (TPSA) is 77.8 Å². The fourth-order valence-electron chi connectivity index (χ4n) is 3.79. The number of para-hydroxylation sites is 1. The Labute approximate surface area is 194 Å². The van der Waals surface area contributed by atoms with E-state index in [4.69, 9.17) is 13.9 Å². The van der Waals surface area contributed by atoms with Crippen molar-refractivity contribution in [2.45, 2.75) is 18.4 Å². The average Bonchev–Trinajstić information content (AvgIpc) is 3.43. The van der Waals surface area contributed by atoms with Gasteiger partial charge in [0, 0.05) is 34.1 Å². The van der Waals surface area contributed by atoms with Gasteiger partial charge in [-0.3, -0.25) is 9.59 Å². The lowest BCUT2D eigenvalue weighted by atomic mass is 10.1. The second-order valence-corrected chi connectivity index (χ2v) is 8.63. The van der Waals surface area contributed by atoms with Gasteiger partial charge in [-0.05, 0) is 24.6 Å². The van der Waals surface area contributed by atoms with Crippen LogP contribution in [0.2, 0.25) is 0 Å². The maximum Gasteiger partial charge on any atom is 0.291 e. The molecule has 0 saturated heterocycles. The first-order valence-electron chi connectivity index (χ1n) is 10.5. The number of anilines is 1. The molecular weight excluding hydrogens is 438 g/mol. The molecule has 0 atom stereocenters. The summed E-state index contributed by atoms with van der Waals surface area (Å²) in [5, 5.41) is 3.75. The van der Waals surface area contributed by atoms with Crippen molar-refractivity contribution in [1.82, 2.24) is 0 Å². The molecule has 166 valence electrons. The maximum absolute atomic E-state index is 13.3. The number of amides is 1. The summed E-state index contributed by atoms with van der Waals surface area (Å²) in [5.41, 5.74) is 3.40.